The highest BCUT2D eigenvalue weighted by Gasteiger charge is 2.39. The number of nitrogens with one attached hydrogen (secondary N) is 1. The molecule has 0 aromatic carbocycles. The summed E-state index contributed by atoms with van der Waals surface area (Å²) < 4.78 is 5.34. The molecule has 3 N–H and O–H groups in total. The third-order valence-electron chi connectivity index (χ3n) is 4.81. The Kier molecular flexibility index (Phi) is 4.28. The maximum atomic E-state index is 12.4. The summed E-state index contributed by atoms with van der Waals surface area (Å²) in [6.45, 7) is 4.82. The van der Waals surface area contributed by atoms with E-state index in [1.165, 1.54) is 25.7 Å². The first-order valence-corrected chi connectivity index (χ1v) is 7.16. The van der Waals surface area contributed by atoms with E-state index in [9.17, 15) is 4.79 Å². The molecule has 0 bridgehead atoms. The van der Waals surface area contributed by atoms with Crippen LogP contribution in [-0.2, 0) is 9.53 Å². The van der Waals surface area contributed by atoms with Gasteiger partial charge in [0.05, 0.1) is 5.41 Å². The lowest BCUT2D eigenvalue weighted by atomic mass is 9.79. The van der Waals surface area contributed by atoms with Crippen LogP contribution in [0.1, 0.15) is 45.4 Å². The molecule has 1 saturated heterocycles. The molecule has 2 rings (SSSR count). The van der Waals surface area contributed by atoms with Crippen molar-refractivity contribution in [2.75, 3.05) is 26.3 Å². The average Bonchev–Trinajstić information content (AvgIpc) is 2.84. The summed E-state index contributed by atoms with van der Waals surface area (Å²) in [5.74, 6) is 0.140. The van der Waals surface area contributed by atoms with Crippen LogP contribution in [0.4, 0.5) is 0 Å². The van der Waals surface area contributed by atoms with Gasteiger partial charge in [-0.05, 0) is 31.1 Å². The minimum absolute atomic E-state index is 0.140. The largest absolute Gasteiger partial charge is 0.381 e. The highest BCUT2D eigenvalue weighted by Crippen LogP contribution is 2.37. The van der Waals surface area contributed by atoms with Crippen molar-refractivity contribution in [2.45, 2.75) is 45.4 Å². The molecule has 1 aliphatic heterocycles. The maximum Gasteiger partial charge on any atom is 0.227 e. The van der Waals surface area contributed by atoms with Gasteiger partial charge < -0.3 is 15.8 Å². The number of amides is 1. The van der Waals surface area contributed by atoms with Crippen molar-refractivity contribution in [3.05, 3.63) is 0 Å². The monoisotopic (exact) mass is 254 g/mol. The molecule has 0 aromatic heterocycles. The van der Waals surface area contributed by atoms with Crippen molar-refractivity contribution in [1.82, 2.24) is 5.32 Å². The van der Waals surface area contributed by atoms with Crippen LogP contribution >= 0.6 is 0 Å². The van der Waals surface area contributed by atoms with Crippen molar-refractivity contribution in [1.29, 1.82) is 0 Å². The second-order valence-corrected chi connectivity index (χ2v) is 6.30. The number of hydrogen-bond donors (Lipinski definition) is 2. The van der Waals surface area contributed by atoms with Gasteiger partial charge >= 0.3 is 0 Å². The highest BCUT2D eigenvalue weighted by molar-refractivity contribution is 5.83. The molecule has 0 radical (unpaired) electrons. The van der Waals surface area contributed by atoms with Crippen LogP contribution in [0.25, 0.3) is 0 Å². The topological polar surface area (TPSA) is 64.4 Å². The van der Waals surface area contributed by atoms with E-state index < -0.39 is 0 Å². The van der Waals surface area contributed by atoms with Crippen molar-refractivity contribution in [2.24, 2.45) is 16.6 Å². The second-order valence-electron chi connectivity index (χ2n) is 6.30. The molecule has 4 heteroatoms. The number of ether oxygens (including phenoxy) is 1. The Hall–Kier alpha value is -0.610. The third kappa shape index (κ3) is 2.86. The molecule has 1 amide bonds. The molecule has 0 unspecified atom stereocenters. The van der Waals surface area contributed by atoms with Crippen LogP contribution in [0.5, 0.6) is 0 Å². The van der Waals surface area contributed by atoms with Crippen molar-refractivity contribution in [3.63, 3.8) is 0 Å². The first-order chi connectivity index (χ1) is 8.60. The zero-order valence-electron chi connectivity index (χ0n) is 11.5. The summed E-state index contributed by atoms with van der Waals surface area (Å²) in [5, 5.41) is 3.15. The van der Waals surface area contributed by atoms with Gasteiger partial charge in [0.25, 0.3) is 0 Å². The normalized spacial score (nSPS) is 25.9. The molecular formula is C14H26N2O2. The quantitative estimate of drug-likeness (QED) is 0.798. The van der Waals surface area contributed by atoms with Gasteiger partial charge in [-0.1, -0.05) is 19.8 Å². The molecule has 1 heterocycles. The van der Waals surface area contributed by atoms with Crippen LogP contribution in [0, 0.1) is 10.8 Å². The van der Waals surface area contributed by atoms with Gasteiger partial charge in [-0.3, -0.25) is 4.79 Å². The van der Waals surface area contributed by atoms with Crippen molar-refractivity contribution < 1.29 is 9.53 Å². The second kappa shape index (κ2) is 5.57. The minimum atomic E-state index is -0.382. The standard InChI is InChI=1S/C14H26N2O2/c1-13(4-2-3-5-13)11-16-12(17)14(10-15)6-8-18-9-7-14/h2-11,15H2,1H3,(H,16,17). The van der Waals surface area contributed by atoms with Crippen molar-refractivity contribution >= 4 is 5.91 Å². The minimum Gasteiger partial charge on any atom is -0.381 e. The number of nitrogens with two attached hydrogens (primary N) is 1. The molecule has 2 aliphatic rings. The number of carbonyl (C=O) groups excluding carboxylic acids is 1. The Morgan fingerprint density at radius 1 is 1.22 bits per heavy atom. The van der Waals surface area contributed by atoms with Crippen LogP contribution in [0.2, 0.25) is 0 Å². The smallest absolute Gasteiger partial charge is 0.227 e. The van der Waals surface area contributed by atoms with Crippen LogP contribution in [0.3, 0.4) is 0 Å². The molecule has 0 aromatic rings. The van der Waals surface area contributed by atoms with E-state index in [2.05, 4.69) is 12.2 Å². The van der Waals surface area contributed by atoms with Gasteiger partial charge in [-0.25, -0.2) is 0 Å². The fourth-order valence-electron chi connectivity index (χ4n) is 3.17. The number of rotatable bonds is 4. The lowest BCUT2D eigenvalue weighted by Gasteiger charge is -2.36. The van der Waals surface area contributed by atoms with E-state index in [0.717, 1.165) is 19.4 Å². The van der Waals surface area contributed by atoms with Crippen molar-refractivity contribution in [3.8, 4) is 0 Å². The Balaban J connectivity index is 1.89. The molecule has 4 nitrogen and oxygen atoms in total. The van der Waals surface area contributed by atoms with Gasteiger partial charge in [-0.2, -0.15) is 0 Å². The van der Waals surface area contributed by atoms with Gasteiger partial charge in [0, 0.05) is 26.3 Å². The molecule has 1 saturated carbocycles. The summed E-state index contributed by atoms with van der Waals surface area (Å²) in [7, 11) is 0. The van der Waals surface area contributed by atoms with E-state index in [0.29, 0.717) is 25.2 Å². The molecule has 0 spiro atoms. The van der Waals surface area contributed by atoms with E-state index >= 15 is 0 Å². The van der Waals surface area contributed by atoms with Gasteiger partial charge in [0.15, 0.2) is 0 Å². The van der Waals surface area contributed by atoms with Gasteiger partial charge in [-0.15, -0.1) is 0 Å². The van der Waals surface area contributed by atoms with Crippen LogP contribution in [-0.4, -0.2) is 32.2 Å². The van der Waals surface area contributed by atoms with Gasteiger partial charge in [0.1, 0.15) is 0 Å². The fourth-order valence-corrected chi connectivity index (χ4v) is 3.17. The Bertz CT molecular complexity index is 292. The van der Waals surface area contributed by atoms with E-state index in [-0.39, 0.29) is 11.3 Å². The summed E-state index contributed by atoms with van der Waals surface area (Å²) in [4.78, 5) is 12.4. The molecule has 0 atom stereocenters. The Morgan fingerprint density at radius 2 is 1.83 bits per heavy atom. The number of carbonyl (C=O) groups is 1. The summed E-state index contributed by atoms with van der Waals surface area (Å²) in [6.07, 6.45) is 6.56. The first kappa shape index (κ1) is 13.8. The fraction of sp³-hybridized carbons (Fsp3) is 0.929. The Morgan fingerprint density at radius 3 is 2.39 bits per heavy atom. The third-order valence-corrected chi connectivity index (χ3v) is 4.81. The predicted molar refractivity (Wildman–Crippen MR) is 71.1 cm³/mol. The lowest BCUT2D eigenvalue weighted by molar-refractivity contribution is -0.136. The highest BCUT2D eigenvalue weighted by atomic mass is 16.5. The molecule has 18 heavy (non-hydrogen) atoms. The molecule has 104 valence electrons. The van der Waals surface area contributed by atoms with E-state index in [4.69, 9.17) is 10.5 Å². The zero-order chi connectivity index (χ0) is 13.1. The van der Waals surface area contributed by atoms with Crippen LogP contribution in [0.15, 0.2) is 0 Å². The Labute approximate surface area is 110 Å². The zero-order valence-corrected chi connectivity index (χ0v) is 11.5. The molecular weight excluding hydrogens is 228 g/mol. The maximum absolute atomic E-state index is 12.4. The van der Waals surface area contributed by atoms with Crippen LogP contribution < -0.4 is 11.1 Å². The summed E-state index contributed by atoms with van der Waals surface area (Å²) in [5.41, 5.74) is 5.76. The van der Waals surface area contributed by atoms with E-state index in [1.807, 2.05) is 0 Å². The molecule has 1 aliphatic carbocycles. The SMILES string of the molecule is CC1(CNC(=O)C2(CN)CCOCC2)CCCC1. The predicted octanol–water partition coefficient (Wildman–Crippen LogP) is 1.44. The summed E-state index contributed by atoms with van der Waals surface area (Å²) in [6, 6.07) is 0. The van der Waals surface area contributed by atoms with E-state index in [1.54, 1.807) is 0 Å². The first-order valence-electron chi connectivity index (χ1n) is 7.16. The molecule has 2 fully saturated rings. The van der Waals surface area contributed by atoms with Gasteiger partial charge in [0.2, 0.25) is 5.91 Å². The lowest BCUT2D eigenvalue weighted by Crippen LogP contribution is -2.50. The summed E-state index contributed by atoms with van der Waals surface area (Å²) >= 11 is 0. The number of hydrogen-bond acceptors (Lipinski definition) is 3. The average molecular weight is 254 g/mol.